The Morgan fingerprint density at radius 3 is 2.40 bits per heavy atom. The minimum atomic E-state index is -0.127. The minimum Gasteiger partial charge on any atom is -0.294 e. The zero-order valence-electron chi connectivity index (χ0n) is 13.3. The number of benzene rings is 2. The van der Waals surface area contributed by atoms with Crippen molar-refractivity contribution in [3.8, 4) is 0 Å². The van der Waals surface area contributed by atoms with Crippen molar-refractivity contribution in [2.24, 2.45) is 4.99 Å². The fraction of sp³-hybridized carbons (Fsp3) is 0.111. The van der Waals surface area contributed by atoms with Gasteiger partial charge in [0.25, 0.3) is 0 Å². The van der Waals surface area contributed by atoms with Gasteiger partial charge in [0.2, 0.25) is 0 Å². The maximum absolute atomic E-state index is 12.3. The first-order chi connectivity index (χ1) is 12.3. The largest absolute Gasteiger partial charge is 0.294 e. The Kier molecular flexibility index (Phi) is 5.28. The molecule has 0 spiro atoms. The van der Waals surface area contributed by atoms with Crippen LogP contribution in [0.25, 0.3) is 0 Å². The van der Waals surface area contributed by atoms with Crippen LogP contribution in [0.4, 0.5) is 0 Å². The Morgan fingerprint density at radius 2 is 1.72 bits per heavy atom. The van der Waals surface area contributed by atoms with Crippen LogP contribution in [0.5, 0.6) is 0 Å². The summed E-state index contributed by atoms with van der Waals surface area (Å²) in [5.41, 5.74) is 4.05. The second-order valence-electron chi connectivity index (χ2n) is 5.29. The van der Waals surface area contributed by atoms with Gasteiger partial charge in [0, 0.05) is 5.56 Å². The molecule has 0 saturated carbocycles. The van der Waals surface area contributed by atoms with Crippen molar-refractivity contribution < 1.29 is 14.6 Å². The molecule has 25 heavy (non-hydrogen) atoms. The molecule has 0 aliphatic heterocycles. The summed E-state index contributed by atoms with van der Waals surface area (Å²) in [5.74, 6) is -0.0288. The van der Waals surface area contributed by atoms with E-state index < -0.39 is 0 Å². The Labute approximate surface area is 143 Å². The molecule has 126 valence electrons. The maximum atomic E-state index is 12.3. The van der Waals surface area contributed by atoms with E-state index in [1.54, 1.807) is 24.3 Å². The lowest BCUT2D eigenvalue weighted by Gasteiger charge is -2.03. The maximum Gasteiger partial charge on any atom is 0.177 e. The number of rotatable bonds is 6. The standard InChI is InChI=1S/C18H16N4O3/c23-16(14-9-5-2-6-10-14)11-15-17(22-25-21-15)18(20-24)19-12-13-7-3-1-4-8-13/h1-10,24H,11-12H2,(H,19,20). The summed E-state index contributed by atoms with van der Waals surface area (Å²) in [6.07, 6.45) is -0.00508. The van der Waals surface area contributed by atoms with E-state index in [1.807, 2.05) is 41.9 Å². The third-order valence-electron chi connectivity index (χ3n) is 3.57. The number of aliphatic imine (C=N–C) groups is 1. The summed E-state index contributed by atoms with van der Waals surface area (Å²) >= 11 is 0. The number of nitrogens with zero attached hydrogens (tertiary/aromatic N) is 3. The van der Waals surface area contributed by atoms with Crippen molar-refractivity contribution in [1.82, 2.24) is 15.8 Å². The van der Waals surface area contributed by atoms with Crippen molar-refractivity contribution >= 4 is 11.6 Å². The van der Waals surface area contributed by atoms with Crippen LogP contribution in [0.2, 0.25) is 0 Å². The number of hydrogen-bond donors (Lipinski definition) is 2. The van der Waals surface area contributed by atoms with E-state index in [2.05, 4.69) is 15.3 Å². The summed E-state index contributed by atoms with van der Waals surface area (Å²) in [4.78, 5) is 16.6. The molecule has 2 aromatic carbocycles. The summed E-state index contributed by atoms with van der Waals surface area (Å²) in [6, 6.07) is 18.4. The molecule has 1 heterocycles. The molecule has 0 atom stereocenters. The summed E-state index contributed by atoms with van der Waals surface area (Å²) in [6.45, 7) is 0.336. The molecule has 0 radical (unpaired) electrons. The van der Waals surface area contributed by atoms with Crippen LogP contribution in [0.3, 0.4) is 0 Å². The van der Waals surface area contributed by atoms with Crippen LogP contribution < -0.4 is 5.48 Å². The monoisotopic (exact) mass is 336 g/mol. The molecule has 2 N–H and O–H groups in total. The molecule has 7 heteroatoms. The second kappa shape index (κ2) is 7.98. The van der Waals surface area contributed by atoms with Gasteiger partial charge in [-0.1, -0.05) is 65.8 Å². The van der Waals surface area contributed by atoms with Crippen LogP contribution in [0.15, 0.2) is 70.3 Å². The highest BCUT2D eigenvalue weighted by atomic mass is 16.6. The van der Waals surface area contributed by atoms with E-state index in [4.69, 9.17) is 4.63 Å². The molecule has 0 aliphatic carbocycles. The summed E-state index contributed by atoms with van der Waals surface area (Å²) in [5, 5.41) is 16.9. The highest BCUT2D eigenvalue weighted by Gasteiger charge is 2.19. The van der Waals surface area contributed by atoms with Gasteiger partial charge >= 0.3 is 0 Å². The van der Waals surface area contributed by atoms with E-state index in [0.29, 0.717) is 17.8 Å². The summed E-state index contributed by atoms with van der Waals surface area (Å²) in [7, 11) is 0. The first-order valence-electron chi connectivity index (χ1n) is 7.66. The normalized spacial score (nSPS) is 11.3. The van der Waals surface area contributed by atoms with Crippen molar-refractivity contribution in [1.29, 1.82) is 0 Å². The van der Waals surface area contributed by atoms with E-state index in [-0.39, 0.29) is 23.7 Å². The molecular formula is C18H16N4O3. The predicted molar refractivity (Wildman–Crippen MR) is 90.4 cm³/mol. The molecule has 0 aliphatic rings. The molecular weight excluding hydrogens is 320 g/mol. The number of carbonyl (C=O) groups is 1. The molecule has 0 amide bonds. The third kappa shape index (κ3) is 4.15. The Balaban J connectivity index is 1.78. The van der Waals surface area contributed by atoms with E-state index in [0.717, 1.165) is 5.56 Å². The SMILES string of the molecule is O=C(Cc1nonc1C(=NCc1ccccc1)NO)c1ccccc1. The fourth-order valence-electron chi connectivity index (χ4n) is 2.30. The molecule has 3 aromatic rings. The lowest BCUT2D eigenvalue weighted by Crippen LogP contribution is -2.23. The highest BCUT2D eigenvalue weighted by Crippen LogP contribution is 2.10. The third-order valence-corrected chi connectivity index (χ3v) is 3.57. The molecule has 7 nitrogen and oxygen atoms in total. The second-order valence-corrected chi connectivity index (χ2v) is 5.29. The topological polar surface area (TPSA) is 101 Å². The van der Waals surface area contributed by atoms with Crippen LogP contribution >= 0.6 is 0 Å². The van der Waals surface area contributed by atoms with Crippen LogP contribution in [0, 0.1) is 0 Å². The number of hydroxylamine groups is 1. The zero-order valence-corrected chi connectivity index (χ0v) is 13.3. The first-order valence-corrected chi connectivity index (χ1v) is 7.66. The molecule has 0 bridgehead atoms. The van der Waals surface area contributed by atoms with E-state index in [1.165, 1.54) is 0 Å². The molecule has 0 fully saturated rings. The lowest BCUT2D eigenvalue weighted by atomic mass is 10.1. The number of hydrogen-bond acceptors (Lipinski definition) is 6. The van der Waals surface area contributed by atoms with Crippen LogP contribution in [0.1, 0.15) is 27.3 Å². The lowest BCUT2D eigenvalue weighted by molar-refractivity contribution is 0.0990. The number of Topliss-reactive ketones (excluding diaryl/α,β-unsaturated/α-hetero) is 1. The van der Waals surface area contributed by atoms with Crippen LogP contribution in [-0.4, -0.2) is 27.1 Å². The number of amidine groups is 1. The van der Waals surface area contributed by atoms with Gasteiger partial charge in [-0.2, -0.15) is 0 Å². The van der Waals surface area contributed by atoms with E-state index in [9.17, 15) is 10.0 Å². The van der Waals surface area contributed by atoms with Gasteiger partial charge in [-0.25, -0.2) is 4.63 Å². The molecule has 1 aromatic heterocycles. The van der Waals surface area contributed by atoms with Crippen LogP contribution in [-0.2, 0) is 13.0 Å². The number of ketones is 1. The number of carbonyl (C=O) groups excluding carboxylic acids is 1. The average molecular weight is 336 g/mol. The van der Waals surface area contributed by atoms with E-state index >= 15 is 0 Å². The Hall–Kier alpha value is -3.32. The van der Waals surface area contributed by atoms with Gasteiger partial charge in [0.1, 0.15) is 5.69 Å². The minimum absolute atomic E-state index is 0.00508. The molecule has 0 saturated heterocycles. The average Bonchev–Trinajstić information content (AvgIpc) is 3.12. The zero-order chi connectivity index (χ0) is 17.5. The van der Waals surface area contributed by atoms with Crippen molar-refractivity contribution in [2.75, 3.05) is 0 Å². The number of nitrogens with one attached hydrogen (secondary N) is 1. The Morgan fingerprint density at radius 1 is 1.04 bits per heavy atom. The first kappa shape index (κ1) is 16.5. The quantitative estimate of drug-likeness (QED) is 0.310. The van der Waals surface area contributed by atoms with Crippen molar-refractivity contribution in [2.45, 2.75) is 13.0 Å². The smallest absolute Gasteiger partial charge is 0.177 e. The molecule has 3 rings (SSSR count). The fourth-order valence-corrected chi connectivity index (χ4v) is 2.30. The van der Waals surface area contributed by atoms with Gasteiger partial charge in [-0.3, -0.25) is 20.5 Å². The predicted octanol–water partition coefficient (Wildman–Crippen LogP) is 2.42. The van der Waals surface area contributed by atoms with Gasteiger partial charge in [-0.05, 0) is 10.7 Å². The van der Waals surface area contributed by atoms with Gasteiger partial charge in [-0.15, -0.1) is 0 Å². The molecule has 0 unspecified atom stereocenters. The van der Waals surface area contributed by atoms with Crippen molar-refractivity contribution in [3.63, 3.8) is 0 Å². The number of aromatic nitrogens is 2. The highest BCUT2D eigenvalue weighted by molar-refractivity contribution is 6.01. The van der Waals surface area contributed by atoms with Crippen molar-refractivity contribution in [3.05, 3.63) is 83.2 Å². The Bertz CT molecular complexity index is 860. The van der Waals surface area contributed by atoms with Gasteiger partial charge < -0.3 is 0 Å². The van der Waals surface area contributed by atoms with Gasteiger partial charge in [0.05, 0.1) is 13.0 Å². The van der Waals surface area contributed by atoms with Gasteiger partial charge in [0.15, 0.2) is 17.3 Å². The summed E-state index contributed by atoms with van der Waals surface area (Å²) < 4.78 is 4.73.